The van der Waals surface area contributed by atoms with E-state index in [0.717, 1.165) is 22.0 Å². The molecule has 11 heteroatoms. The monoisotopic (exact) mass is 508 g/mol. The molecule has 35 heavy (non-hydrogen) atoms. The number of allylic oxidation sites excluding steroid dienone is 5. The molecule has 0 aliphatic heterocycles. The Morgan fingerprint density at radius 2 is 1.97 bits per heavy atom. The molecule has 0 spiro atoms. The van der Waals surface area contributed by atoms with Crippen LogP contribution in [0.3, 0.4) is 0 Å². The van der Waals surface area contributed by atoms with Gasteiger partial charge in [-0.05, 0) is 42.8 Å². The first-order chi connectivity index (χ1) is 16.7. The molecule has 0 aliphatic carbocycles. The summed E-state index contributed by atoms with van der Waals surface area (Å²) in [6, 6.07) is 9.01. The van der Waals surface area contributed by atoms with Crippen LogP contribution in [0.5, 0.6) is 0 Å². The lowest BCUT2D eigenvalue weighted by Gasteiger charge is -2.08. The van der Waals surface area contributed by atoms with Gasteiger partial charge in [0, 0.05) is 12.7 Å². The molecule has 0 radical (unpaired) electrons. The Balaban J connectivity index is 1.64. The van der Waals surface area contributed by atoms with Crippen LogP contribution in [0.1, 0.15) is 28.5 Å². The van der Waals surface area contributed by atoms with Gasteiger partial charge in [-0.25, -0.2) is 18.4 Å². The highest BCUT2D eigenvalue weighted by Gasteiger charge is 2.19. The van der Waals surface area contributed by atoms with Gasteiger partial charge in [0.2, 0.25) is 10.0 Å². The summed E-state index contributed by atoms with van der Waals surface area (Å²) in [5, 5.41) is 3.40. The van der Waals surface area contributed by atoms with Gasteiger partial charge in [-0.3, -0.25) is 13.9 Å². The summed E-state index contributed by atoms with van der Waals surface area (Å²) < 4.78 is 29.0. The van der Waals surface area contributed by atoms with E-state index in [4.69, 9.17) is 5.73 Å². The topological polar surface area (TPSA) is 131 Å². The van der Waals surface area contributed by atoms with E-state index >= 15 is 0 Å². The van der Waals surface area contributed by atoms with Crippen LogP contribution in [0.15, 0.2) is 66.9 Å². The van der Waals surface area contributed by atoms with Crippen LogP contribution in [-0.2, 0) is 16.6 Å². The standard InChI is InChI=1S/C24H24N6O3S2/c1-3-4-5-6-7-10-19-22(29-35(2,32)33)30-13-8-9-17(21(30)27-19)23(31)26-15-16-11-12-18-20(14-16)34-24(25)28-18/h3-14,29H,15H2,1-2H3,(H2,25,28)(H,26,31)/b4-3-,6-5-,10-7+. The molecular formula is C24H24N6O3S2. The van der Waals surface area contributed by atoms with Gasteiger partial charge in [0.15, 0.2) is 16.6 Å². The molecule has 0 fully saturated rings. The van der Waals surface area contributed by atoms with Gasteiger partial charge in [0.05, 0.1) is 22.0 Å². The van der Waals surface area contributed by atoms with Gasteiger partial charge in [-0.15, -0.1) is 0 Å². The first-order valence-electron chi connectivity index (χ1n) is 10.6. The van der Waals surface area contributed by atoms with Crippen molar-refractivity contribution < 1.29 is 13.2 Å². The van der Waals surface area contributed by atoms with E-state index < -0.39 is 10.0 Å². The number of aromatic nitrogens is 3. The number of rotatable bonds is 8. The highest BCUT2D eigenvalue weighted by atomic mass is 32.2. The summed E-state index contributed by atoms with van der Waals surface area (Å²) in [7, 11) is -3.58. The predicted octanol–water partition coefficient (Wildman–Crippen LogP) is 3.97. The Morgan fingerprint density at radius 3 is 2.74 bits per heavy atom. The number of imidazole rings is 1. The van der Waals surface area contributed by atoms with Crippen LogP contribution in [0.4, 0.5) is 10.9 Å². The fourth-order valence-electron chi connectivity index (χ4n) is 3.42. The van der Waals surface area contributed by atoms with Gasteiger partial charge in [0.25, 0.3) is 5.91 Å². The number of anilines is 2. The van der Waals surface area contributed by atoms with E-state index in [2.05, 4.69) is 20.0 Å². The van der Waals surface area contributed by atoms with Crippen LogP contribution < -0.4 is 15.8 Å². The van der Waals surface area contributed by atoms with E-state index in [1.165, 1.54) is 11.3 Å². The first kappa shape index (κ1) is 24.2. The summed E-state index contributed by atoms with van der Waals surface area (Å²) in [5.74, 6) is -0.0833. The van der Waals surface area contributed by atoms with Crippen molar-refractivity contribution in [1.29, 1.82) is 0 Å². The van der Waals surface area contributed by atoms with Crippen LogP contribution in [0.25, 0.3) is 21.9 Å². The smallest absolute Gasteiger partial charge is 0.255 e. The summed E-state index contributed by atoms with van der Waals surface area (Å²) in [4.78, 5) is 21.9. The SMILES string of the molecule is C\C=C/C=C\C=C\c1nc2c(C(=O)NCc3ccc4nc(N)sc4c3)cccn2c1NS(C)(=O)=O. The number of benzene rings is 1. The van der Waals surface area contributed by atoms with E-state index in [0.29, 0.717) is 28.6 Å². The number of hydrogen-bond acceptors (Lipinski definition) is 7. The van der Waals surface area contributed by atoms with E-state index in [1.807, 2.05) is 43.4 Å². The fraction of sp³-hybridized carbons (Fsp3) is 0.125. The summed E-state index contributed by atoms with van der Waals surface area (Å²) >= 11 is 1.39. The highest BCUT2D eigenvalue weighted by molar-refractivity contribution is 7.92. The first-order valence-corrected chi connectivity index (χ1v) is 13.3. The van der Waals surface area contributed by atoms with Crippen LogP contribution >= 0.6 is 11.3 Å². The number of sulfonamides is 1. The van der Waals surface area contributed by atoms with Crippen molar-refractivity contribution in [3.63, 3.8) is 0 Å². The number of nitrogens with zero attached hydrogens (tertiary/aromatic N) is 3. The minimum absolute atomic E-state index is 0.251. The summed E-state index contributed by atoms with van der Waals surface area (Å²) in [5.41, 5.74) is 8.52. The number of thiazole rings is 1. The lowest BCUT2D eigenvalue weighted by atomic mass is 10.2. The van der Waals surface area contributed by atoms with Gasteiger partial charge < -0.3 is 11.1 Å². The second kappa shape index (κ2) is 10.1. The van der Waals surface area contributed by atoms with Crippen molar-refractivity contribution in [3.8, 4) is 0 Å². The van der Waals surface area contributed by atoms with Crippen molar-refractivity contribution >= 4 is 60.2 Å². The molecule has 4 rings (SSSR count). The van der Waals surface area contributed by atoms with Crippen LogP contribution in [0.2, 0.25) is 0 Å². The van der Waals surface area contributed by atoms with Crippen molar-refractivity contribution in [1.82, 2.24) is 19.7 Å². The number of carbonyl (C=O) groups is 1. The Kier molecular flexibility index (Phi) is 6.99. The number of nitrogen functional groups attached to an aromatic ring is 1. The molecule has 0 bridgehead atoms. The number of amides is 1. The number of nitrogens with two attached hydrogens (primary N) is 1. The molecule has 0 unspecified atom stereocenters. The second-order valence-corrected chi connectivity index (χ2v) is 10.5. The lowest BCUT2D eigenvalue weighted by Crippen LogP contribution is -2.23. The van der Waals surface area contributed by atoms with Gasteiger partial charge >= 0.3 is 0 Å². The normalized spacial score (nSPS) is 12.5. The number of hydrogen-bond donors (Lipinski definition) is 3. The van der Waals surface area contributed by atoms with Gasteiger partial charge in [-0.1, -0.05) is 47.8 Å². The molecule has 0 aliphatic rings. The average molecular weight is 509 g/mol. The molecule has 0 saturated heterocycles. The Labute approximate surface area is 206 Å². The third kappa shape index (κ3) is 5.76. The lowest BCUT2D eigenvalue weighted by molar-refractivity contribution is 0.0952. The molecule has 180 valence electrons. The molecule has 1 aromatic carbocycles. The largest absolute Gasteiger partial charge is 0.375 e. The summed E-state index contributed by atoms with van der Waals surface area (Å²) in [6.45, 7) is 2.20. The highest BCUT2D eigenvalue weighted by Crippen LogP contribution is 2.25. The zero-order valence-corrected chi connectivity index (χ0v) is 20.7. The second-order valence-electron chi connectivity index (χ2n) is 7.64. The molecule has 3 heterocycles. The molecular weight excluding hydrogens is 484 g/mol. The van der Waals surface area contributed by atoms with Crippen LogP contribution in [0, 0.1) is 0 Å². The number of pyridine rings is 1. The Bertz CT molecular complexity index is 1600. The maximum Gasteiger partial charge on any atom is 0.255 e. The van der Waals surface area contributed by atoms with Crippen molar-refractivity contribution in [3.05, 3.63) is 83.7 Å². The molecule has 4 aromatic rings. The molecule has 3 aromatic heterocycles. The third-order valence-electron chi connectivity index (χ3n) is 4.91. The van der Waals surface area contributed by atoms with Crippen molar-refractivity contribution in [2.75, 3.05) is 16.7 Å². The zero-order valence-electron chi connectivity index (χ0n) is 19.1. The molecule has 0 atom stereocenters. The average Bonchev–Trinajstić information content (AvgIpc) is 3.35. The minimum Gasteiger partial charge on any atom is -0.375 e. The molecule has 1 amide bonds. The van der Waals surface area contributed by atoms with Crippen LogP contribution in [-0.4, -0.2) is 34.9 Å². The molecule has 0 saturated carbocycles. The minimum atomic E-state index is -3.58. The van der Waals surface area contributed by atoms with E-state index in [9.17, 15) is 13.2 Å². The van der Waals surface area contributed by atoms with Gasteiger partial charge in [0.1, 0.15) is 5.69 Å². The number of nitrogens with one attached hydrogen (secondary N) is 2. The summed E-state index contributed by atoms with van der Waals surface area (Å²) in [6.07, 6.45) is 13.5. The maximum atomic E-state index is 13.1. The predicted molar refractivity (Wildman–Crippen MR) is 142 cm³/mol. The maximum absolute atomic E-state index is 13.1. The Morgan fingerprint density at radius 1 is 1.17 bits per heavy atom. The fourth-order valence-corrected chi connectivity index (χ4v) is 4.77. The number of fused-ring (bicyclic) bond motifs is 2. The quantitative estimate of drug-likeness (QED) is 0.309. The number of carbonyl (C=O) groups excluding carboxylic acids is 1. The van der Waals surface area contributed by atoms with E-state index in [-0.39, 0.29) is 11.7 Å². The van der Waals surface area contributed by atoms with E-state index in [1.54, 1.807) is 41.0 Å². The molecule has 4 N–H and O–H groups in total. The third-order valence-corrected chi connectivity index (χ3v) is 6.32. The Hall–Kier alpha value is -3.96. The van der Waals surface area contributed by atoms with Crippen molar-refractivity contribution in [2.24, 2.45) is 0 Å². The zero-order chi connectivity index (χ0) is 25.0. The van der Waals surface area contributed by atoms with Gasteiger partial charge in [-0.2, -0.15) is 0 Å². The molecule has 9 nitrogen and oxygen atoms in total. The van der Waals surface area contributed by atoms with Crippen molar-refractivity contribution in [2.45, 2.75) is 13.5 Å².